The van der Waals surface area contributed by atoms with Gasteiger partial charge in [-0.2, -0.15) is 0 Å². The highest BCUT2D eigenvalue weighted by atomic mass is 35.5. The van der Waals surface area contributed by atoms with Crippen molar-refractivity contribution in [2.45, 2.75) is 20.8 Å². The third-order valence-electron chi connectivity index (χ3n) is 2.40. The Labute approximate surface area is 100 Å². The first-order valence-corrected chi connectivity index (χ1v) is 5.38. The summed E-state index contributed by atoms with van der Waals surface area (Å²) in [6, 6.07) is 1.78. The minimum Gasteiger partial charge on any atom is -0.329 e. The second-order valence-corrected chi connectivity index (χ2v) is 4.73. The molecule has 4 nitrogen and oxygen atoms in total. The van der Waals surface area contributed by atoms with Crippen LogP contribution in [0.4, 0.5) is 5.69 Å². The number of amides is 1. The topological polar surface area (TPSA) is 68.0 Å². The molecule has 1 aromatic rings. The van der Waals surface area contributed by atoms with Crippen LogP contribution >= 0.6 is 11.6 Å². The van der Waals surface area contributed by atoms with E-state index >= 15 is 0 Å². The molecular weight excluding hydrogens is 226 g/mol. The Morgan fingerprint density at radius 2 is 2.25 bits per heavy atom. The Morgan fingerprint density at radius 1 is 1.62 bits per heavy atom. The van der Waals surface area contributed by atoms with Gasteiger partial charge in [-0.3, -0.25) is 4.79 Å². The molecule has 0 aliphatic heterocycles. The first kappa shape index (κ1) is 12.9. The quantitative estimate of drug-likeness (QED) is 0.795. The Balaban J connectivity index is 2.82. The lowest BCUT2D eigenvalue weighted by Gasteiger charge is -2.21. The van der Waals surface area contributed by atoms with Gasteiger partial charge in [-0.1, -0.05) is 11.6 Å². The van der Waals surface area contributed by atoms with E-state index in [1.165, 1.54) is 6.20 Å². The van der Waals surface area contributed by atoms with Gasteiger partial charge >= 0.3 is 0 Å². The summed E-state index contributed by atoms with van der Waals surface area (Å²) in [6.07, 6.45) is 1.53. The highest BCUT2D eigenvalue weighted by Gasteiger charge is 2.25. The highest BCUT2D eigenvalue weighted by Crippen LogP contribution is 2.19. The Kier molecular flexibility index (Phi) is 3.88. The summed E-state index contributed by atoms with van der Waals surface area (Å²) in [7, 11) is 0. The van der Waals surface area contributed by atoms with Crippen molar-refractivity contribution in [1.82, 2.24) is 4.98 Å². The number of halogens is 1. The summed E-state index contributed by atoms with van der Waals surface area (Å²) in [5, 5.41) is 3.20. The Hall–Kier alpha value is -1.13. The maximum Gasteiger partial charge on any atom is 0.231 e. The second-order valence-electron chi connectivity index (χ2n) is 4.37. The number of hydrogen-bond donors (Lipinski definition) is 2. The number of nitrogens with two attached hydrogens (primary N) is 1. The molecule has 0 spiro atoms. The van der Waals surface area contributed by atoms with Gasteiger partial charge in [0.1, 0.15) is 5.15 Å². The minimum atomic E-state index is -0.590. The van der Waals surface area contributed by atoms with Gasteiger partial charge in [0.2, 0.25) is 5.91 Å². The van der Waals surface area contributed by atoms with Crippen molar-refractivity contribution >= 4 is 23.2 Å². The zero-order valence-corrected chi connectivity index (χ0v) is 10.4. The number of pyridine rings is 1. The number of anilines is 1. The van der Waals surface area contributed by atoms with E-state index in [0.717, 1.165) is 5.56 Å². The standard InChI is InChI=1S/C11H16ClN3O/c1-7-4-8(5-14-9(7)12)15-10(16)11(2,3)6-13/h4-5H,6,13H2,1-3H3,(H,15,16). The second kappa shape index (κ2) is 4.80. The average molecular weight is 242 g/mol. The van der Waals surface area contributed by atoms with E-state index in [9.17, 15) is 4.79 Å². The first-order valence-electron chi connectivity index (χ1n) is 5.00. The molecule has 5 heteroatoms. The largest absolute Gasteiger partial charge is 0.329 e. The van der Waals surface area contributed by atoms with Crippen molar-refractivity contribution in [3.05, 3.63) is 23.0 Å². The van der Waals surface area contributed by atoms with Crippen molar-refractivity contribution in [3.8, 4) is 0 Å². The van der Waals surface area contributed by atoms with Crippen LogP contribution in [0.5, 0.6) is 0 Å². The monoisotopic (exact) mass is 241 g/mol. The van der Waals surface area contributed by atoms with Crippen molar-refractivity contribution in [1.29, 1.82) is 0 Å². The fraction of sp³-hybridized carbons (Fsp3) is 0.455. The number of rotatable bonds is 3. The number of hydrogen-bond acceptors (Lipinski definition) is 3. The van der Waals surface area contributed by atoms with Crippen LogP contribution in [-0.2, 0) is 4.79 Å². The lowest BCUT2D eigenvalue weighted by atomic mass is 9.92. The van der Waals surface area contributed by atoms with Crippen LogP contribution in [0.25, 0.3) is 0 Å². The molecule has 0 saturated heterocycles. The lowest BCUT2D eigenvalue weighted by molar-refractivity contribution is -0.123. The molecule has 1 heterocycles. The SMILES string of the molecule is Cc1cc(NC(=O)C(C)(C)CN)cnc1Cl. The number of carbonyl (C=O) groups excluding carboxylic acids is 1. The van der Waals surface area contributed by atoms with Gasteiger partial charge in [-0.15, -0.1) is 0 Å². The zero-order valence-electron chi connectivity index (χ0n) is 9.67. The van der Waals surface area contributed by atoms with Crippen molar-refractivity contribution in [2.24, 2.45) is 11.1 Å². The van der Waals surface area contributed by atoms with E-state index in [-0.39, 0.29) is 5.91 Å². The van der Waals surface area contributed by atoms with E-state index in [1.807, 2.05) is 6.92 Å². The summed E-state index contributed by atoms with van der Waals surface area (Å²) in [5.41, 5.74) is 6.38. The van der Waals surface area contributed by atoms with E-state index < -0.39 is 5.41 Å². The smallest absolute Gasteiger partial charge is 0.231 e. The molecule has 0 saturated carbocycles. The maximum atomic E-state index is 11.8. The molecule has 0 atom stereocenters. The normalized spacial score (nSPS) is 11.3. The van der Waals surface area contributed by atoms with E-state index in [0.29, 0.717) is 17.4 Å². The van der Waals surface area contributed by atoms with Crippen LogP contribution in [0.2, 0.25) is 5.15 Å². The summed E-state index contributed by atoms with van der Waals surface area (Å²) >= 11 is 5.79. The number of carbonyl (C=O) groups is 1. The van der Waals surface area contributed by atoms with Crippen LogP contribution in [0.15, 0.2) is 12.3 Å². The molecule has 0 aliphatic carbocycles. The van der Waals surface area contributed by atoms with Gasteiger partial charge in [0.05, 0.1) is 17.3 Å². The zero-order chi connectivity index (χ0) is 12.3. The average Bonchev–Trinajstić information content (AvgIpc) is 2.23. The van der Waals surface area contributed by atoms with Gasteiger partial charge in [-0.25, -0.2) is 4.98 Å². The predicted octanol–water partition coefficient (Wildman–Crippen LogP) is 1.97. The molecule has 1 rings (SSSR count). The predicted molar refractivity (Wildman–Crippen MR) is 65.4 cm³/mol. The molecule has 1 amide bonds. The van der Waals surface area contributed by atoms with Gasteiger partial charge in [-0.05, 0) is 32.4 Å². The summed E-state index contributed by atoms with van der Waals surface area (Å²) in [5.74, 6) is -0.126. The molecule has 16 heavy (non-hydrogen) atoms. The lowest BCUT2D eigenvalue weighted by Crippen LogP contribution is -2.37. The van der Waals surface area contributed by atoms with Crippen molar-refractivity contribution < 1.29 is 4.79 Å². The van der Waals surface area contributed by atoms with Crippen LogP contribution in [0, 0.1) is 12.3 Å². The molecular formula is C11H16ClN3O. The van der Waals surface area contributed by atoms with Gasteiger partial charge < -0.3 is 11.1 Å². The molecule has 1 aromatic heterocycles. The fourth-order valence-corrected chi connectivity index (χ4v) is 1.12. The van der Waals surface area contributed by atoms with E-state index in [4.69, 9.17) is 17.3 Å². The van der Waals surface area contributed by atoms with Gasteiger partial charge in [0, 0.05) is 6.54 Å². The first-order chi connectivity index (χ1) is 7.36. The summed E-state index contributed by atoms with van der Waals surface area (Å²) < 4.78 is 0. The fourth-order valence-electron chi connectivity index (χ4n) is 1.02. The molecule has 3 N–H and O–H groups in total. The van der Waals surface area contributed by atoms with Crippen LogP contribution in [-0.4, -0.2) is 17.4 Å². The molecule has 0 bridgehead atoms. The maximum absolute atomic E-state index is 11.8. The van der Waals surface area contributed by atoms with Gasteiger partial charge in [0.25, 0.3) is 0 Å². The summed E-state index contributed by atoms with van der Waals surface area (Å²) in [4.78, 5) is 15.8. The number of nitrogens with one attached hydrogen (secondary N) is 1. The van der Waals surface area contributed by atoms with E-state index in [2.05, 4.69) is 10.3 Å². The van der Waals surface area contributed by atoms with E-state index in [1.54, 1.807) is 19.9 Å². The van der Waals surface area contributed by atoms with Gasteiger partial charge in [0.15, 0.2) is 0 Å². The van der Waals surface area contributed by atoms with Crippen molar-refractivity contribution in [3.63, 3.8) is 0 Å². The van der Waals surface area contributed by atoms with Crippen LogP contribution < -0.4 is 11.1 Å². The number of nitrogens with zero attached hydrogens (tertiary/aromatic N) is 1. The molecule has 88 valence electrons. The molecule has 0 radical (unpaired) electrons. The molecule has 0 aromatic carbocycles. The Morgan fingerprint density at radius 3 is 2.75 bits per heavy atom. The van der Waals surface area contributed by atoms with Crippen molar-refractivity contribution in [2.75, 3.05) is 11.9 Å². The third-order valence-corrected chi connectivity index (χ3v) is 2.79. The summed E-state index contributed by atoms with van der Waals surface area (Å²) in [6.45, 7) is 5.70. The van der Waals surface area contributed by atoms with Crippen LogP contribution in [0.3, 0.4) is 0 Å². The minimum absolute atomic E-state index is 0.126. The highest BCUT2D eigenvalue weighted by molar-refractivity contribution is 6.30. The third kappa shape index (κ3) is 2.93. The molecule has 0 unspecified atom stereocenters. The molecule has 0 aliphatic rings. The Bertz CT molecular complexity index is 404. The number of aryl methyl sites for hydroxylation is 1. The van der Waals surface area contributed by atoms with Crippen LogP contribution in [0.1, 0.15) is 19.4 Å². The molecule has 0 fully saturated rings. The number of aromatic nitrogens is 1.